The van der Waals surface area contributed by atoms with Crippen LogP contribution >= 0.6 is 0 Å². The van der Waals surface area contributed by atoms with E-state index in [1.54, 1.807) is 7.11 Å². The van der Waals surface area contributed by atoms with E-state index < -0.39 is 5.92 Å². The number of ether oxygens (including phenoxy) is 4. The van der Waals surface area contributed by atoms with Crippen LogP contribution < -0.4 is 24.7 Å². The summed E-state index contributed by atoms with van der Waals surface area (Å²) < 4.78 is 22.8. The number of aromatic nitrogens is 2. The Bertz CT molecular complexity index is 1230. The molecule has 0 amide bonds. The molecule has 0 spiro atoms. The minimum absolute atomic E-state index is 0.0305. The van der Waals surface area contributed by atoms with Crippen LogP contribution in [0.1, 0.15) is 37.3 Å². The number of methoxy groups -OCH3 is 1. The average Bonchev–Trinajstić information content (AvgIpc) is 3.26. The number of hydrogen-bond acceptors (Lipinski definition) is 7. The van der Waals surface area contributed by atoms with Crippen LogP contribution in [0.25, 0.3) is 11.3 Å². The Morgan fingerprint density at radius 1 is 1.15 bits per heavy atom. The molecule has 33 heavy (non-hydrogen) atoms. The maximum Gasteiger partial charge on any atom is 0.244 e. The summed E-state index contributed by atoms with van der Waals surface area (Å²) >= 11 is 0. The number of hydrogen-bond donors (Lipinski definition) is 2. The van der Waals surface area contributed by atoms with E-state index in [0.717, 1.165) is 28.8 Å². The molecular formula is C25H26N4O4. The van der Waals surface area contributed by atoms with Crippen molar-refractivity contribution in [3.63, 3.8) is 0 Å². The first-order valence-electron chi connectivity index (χ1n) is 10.8. The zero-order valence-electron chi connectivity index (χ0n) is 18.8. The summed E-state index contributed by atoms with van der Waals surface area (Å²) in [5.74, 6) is 1.83. The van der Waals surface area contributed by atoms with E-state index in [4.69, 9.17) is 24.7 Å². The molecule has 170 valence electrons. The van der Waals surface area contributed by atoms with Crippen molar-refractivity contribution in [1.82, 2.24) is 10.2 Å². The Morgan fingerprint density at radius 2 is 2.00 bits per heavy atom. The average molecular weight is 447 g/mol. The van der Waals surface area contributed by atoms with Gasteiger partial charge in [-0.05, 0) is 43.2 Å². The third-order valence-electron chi connectivity index (χ3n) is 5.36. The lowest BCUT2D eigenvalue weighted by Gasteiger charge is -2.25. The molecule has 8 heteroatoms. The number of nitriles is 1. The minimum atomic E-state index is -0.502. The highest BCUT2D eigenvalue weighted by molar-refractivity contribution is 5.72. The standard InChI is InChI=1S/C25H26N4O4/c1-4-11-32-19-10-9-15(13-20(19)31-5-2)21-18(14-26)24(27)33-25-22(21)23(28-29-25)16-7-6-8-17(12-16)30-3/h6-10,12-13,21H,4-5,11,27H2,1-3H3,(H,28,29)/t21-/m0/s1. The van der Waals surface area contributed by atoms with Crippen molar-refractivity contribution in [3.05, 3.63) is 65.0 Å². The van der Waals surface area contributed by atoms with Crippen molar-refractivity contribution in [1.29, 1.82) is 5.26 Å². The van der Waals surface area contributed by atoms with Crippen molar-refractivity contribution in [2.75, 3.05) is 20.3 Å². The SMILES string of the molecule is CCCOc1ccc([C@H]2C(C#N)=C(N)Oc3n[nH]c(-c4cccc(OC)c4)c32)cc1OCC. The molecule has 0 aliphatic carbocycles. The molecule has 0 radical (unpaired) electrons. The van der Waals surface area contributed by atoms with Gasteiger partial charge in [0.2, 0.25) is 11.8 Å². The van der Waals surface area contributed by atoms with Crippen LogP contribution in [0.3, 0.4) is 0 Å². The van der Waals surface area contributed by atoms with E-state index in [1.165, 1.54) is 0 Å². The topological polar surface area (TPSA) is 115 Å². The van der Waals surface area contributed by atoms with Gasteiger partial charge in [0.25, 0.3) is 0 Å². The Balaban J connectivity index is 1.87. The third kappa shape index (κ3) is 4.17. The van der Waals surface area contributed by atoms with E-state index >= 15 is 0 Å². The molecule has 1 aliphatic rings. The summed E-state index contributed by atoms with van der Waals surface area (Å²) in [7, 11) is 1.61. The van der Waals surface area contributed by atoms with Crippen molar-refractivity contribution in [2.24, 2.45) is 5.73 Å². The van der Waals surface area contributed by atoms with Crippen LogP contribution in [0.15, 0.2) is 53.9 Å². The first-order chi connectivity index (χ1) is 16.1. The largest absolute Gasteiger partial charge is 0.497 e. The van der Waals surface area contributed by atoms with Crippen LogP contribution in [0.5, 0.6) is 23.1 Å². The summed E-state index contributed by atoms with van der Waals surface area (Å²) in [6.07, 6.45) is 0.882. The highest BCUT2D eigenvalue weighted by Gasteiger charge is 2.36. The van der Waals surface area contributed by atoms with Crippen LogP contribution in [0, 0.1) is 11.3 Å². The molecule has 0 saturated carbocycles. The van der Waals surface area contributed by atoms with Crippen molar-refractivity contribution < 1.29 is 18.9 Å². The number of aromatic amines is 1. The molecule has 3 N–H and O–H groups in total. The molecule has 2 heterocycles. The van der Waals surface area contributed by atoms with E-state index in [0.29, 0.717) is 41.9 Å². The minimum Gasteiger partial charge on any atom is -0.497 e. The number of rotatable bonds is 8. The fourth-order valence-corrected chi connectivity index (χ4v) is 3.88. The van der Waals surface area contributed by atoms with Crippen molar-refractivity contribution >= 4 is 0 Å². The van der Waals surface area contributed by atoms with Crippen LogP contribution in [-0.2, 0) is 0 Å². The van der Waals surface area contributed by atoms with Crippen LogP contribution in [0.4, 0.5) is 0 Å². The maximum atomic E-state index is 9.97. The highest BCUT2D eigenvalue weighted by Crippen LogP contribution is 2.47. The lowest BCUT2D eigenvalue weighted by atomic mass is 9.83. The number of nitrogens with two attached hydrogens (primary N) is 1. The quantitative estimate of drug-likeness (QED) is 0.524. The van der Waals surface area contributed by atoms with Gasteiger partial charge in [-0.1, -0.05) is 25.1 Å². The molecule has 0 unspecified atom stereocenters. The zero-order chi connectivity index (χ0) is 23.4. The van der Waals surface area contributed by atoms with E-state index in [1.807, 2.05) is 56.3 Å². The van der Waals surface area contributed by atoms with Gasteiger partial charge in [-0.15, -0.1) is 5.10 Å². The van der Waals surface area contributed by atoms with Gasteiger partial charge in [0, 0.05) is 5.56 Å². The first kappa shape index (κ1) is 22.1. The van der Waals surface area contributed by atoms with Gasteiger partial charge in [-0.3, -0.25) is 5.10 Å². The second-order valence-corrected chi connectivity index (χ2v) is 7.46. The molecule has 0 bridgehead atoms. The molecule has 4 rings (SSSR count). The summed E-state index contributed by atoms with van der Waals surface area (Å²) in [5, 5.41) is 17.4. The molecule has 1 atom stereocenters. The van der Waals surface area contributed by atoms with E-state index in [2.05, 4.69) is 16.3 Å². The summed E-state index contributed by atoms with van der Waals surface area (Å²) in [6.45, 7) is 5.02. The van der Waals surface area contributed by atoms with E-state index in [-0.39, 0.29) is 5.88 Å². The van der Waals surface area contributed by atoms with Gasteiger partial charge in [-0.25, -0.2) is 0 Å². The van der Waals surface area contributed by atoms with Gasteiger partial charge in [0.05, 0.1) is 37.5 Å². The number of allylic oxidation sites excluding steroid dienone is 1. The third-order valence-corrected chi connectivity index (χ3v) is 5.36. The van der Waals surface area contributed by atoms with Crippen LogP contribution in [-0.4, -0.2) is 30.5 Å². The molecular weight excluding hydrogens is 420 g/mol. The second-order valence-electron chi connectivity index (χ2n) is 7.46. The number of nitrogens with zero attached hydrogens (tertiary/aromatic N) is 2. The molecule has 0 fully saturated rings. The van der Waals surface area contributed by atoms with Gasteiger partial charge in [0.15, 0.2) is 11.5 Å². The van der Waals surface area contributed by atoms with Crippen molar-refractivity contribution in [2.45, 2.75) is 26.2 Å². The van der Waals surface area contributed by atoms with Gasteiger partial charge in [0.1, 0.15) is 17.4 Å². The molecule has 1 aliphatic heterocycles. The predicted octanol–water partition coefficient (Wildman–Crippen LogP) is 4.49. The fourth-order valence-electron chi connectivity index (χ4n) is 3.88. The monoisotopic (exact) mass is 446 g/mol. The molecule has 1 aromatic heterocycles. The molecule has 0 saturated heterocycles. The highest BCUT2D eigenvalue weighted by atomic mass is 16.5. The summed E-state index contributed by atoms with van der Waals surface area (Å²) in [6, 6.07) is 15.5. The summed E-state index contributed by atoms with van der Waals surface area (Å²) in [4.78, 5) is 0. The normalized spacial score (nSPS) is 14.8. The number of benzene rings is 2. The lowest BCUT2D eigenvalue weighted by Crippen LogP contribution is -2.21. The molecule has 8 nitrogen and oxygen atoms in total. The Kier molecular flexibility index (Phi) is 6.41. The summed E-state index contributed by atoms with van der Waals surface area (Å²) in [5.41, 5.74) is 9.53. The number of fused-ring (bicyclic) bond motifs is 1. The molecule has 3 aromatic rings. The first-order valence-corrected chi connectivity index (χ1v) is 10.8. The predicted molar refractivity (Wildman–Crippen MR) is 123 cm³/mol. The van der Waals surface area contributed by atoms with Gasteiger partial charge in [-0.2, -0.15) is 5.26 Å². The van der Waals surface area contributed by atoms with E-state index in [9.17, 15) is 5.26 Å². The number of H-pyrrole nitrogens is 1. The Hall–Kier alpha value is -4.12. The number of nitrogens with one attached hydrogen (secondary N) is 1. The maximum absolute atomic E-state index is 9.97. The molecule has 2 aromatic carbocycles. The van der Waals surface area contributed by atoms with Crippen LogP contribution in [0.2, 0.25) is 0 Å². The van der Waals surface area contributed by atoms with Gasteiger partial charge >= 0.3 is 0 Å². The Morgan fingerprint density at radius 3 is 2.73 bits per heavy atom. The fraction of sp³-hybridized carbons (Fsp3) is 0.280. The Labute approximate surface area is 192 Å². The second kappa shape index (κ2) is 9.57. The van der Waals surface area contributed by atoms with Gasteiger partial charge < -0.3 is 24.7 Å². The lowest BCUT2D eigenvalue weighted by molar-refractivity contribution is 0.276. The smallest absolute Gasteiger partial charge is 0.244 e. The zero-order valence-corrected chi connectivity index (χ0v) is 18.8. The van der Waals surface area contributed by atoms with Crippen molar-refractivity contribution in [3.8, 4) is 40.5 Å².